The number of hydrogen-bond acceptors (Lipinski definition) is 3. The van der Waals surface area contributed by atoms with E-state index in [1.807, 2.05) is 37.0 Å². The molecule has 3 rings (SSSR count). The molecular formula is C26H35N3O. The Balaban J connectivity index is 1.89. The van der Waals surface area contributed by atoms with Crippen LogP contribution in [0.25, 0.3) is 0 Å². The maximum absolute atomic E-state index is 12.7. The first-order valence-electron chi connectivity index (χ1n) is 11.2. The lowest BCUT2D eigenvalue weighted by atomic mass is 9.91. The lowest BCUT2D eigenvalue weighted by Gasteiger charge is -2.43. The number of hydrogen-bond donors (Lipinski definition) is 0. The van der Waals surface area contributed by atoms with E-state index in [-0.39, 0.29) is 5.91 Å². The Bertz CT molecular complexity index is 814. The average Bonchev–Trinajstić information content (AvgIpc) is 2.77. The summed E-state index contributed by atoms with van der Waals surface area (Å²) in [6.45, 7) is 14.8. The Morgan fingerprint density at radius 1 is 1.07 bits per heavy atom. The standard InChI is InChI=1S/C26H35N3O/c1-5-18-27-19-17-25(21(4)20-27)29(23-11-9-8-10-12-23)24-15-13-22(14-16-24)26(30)28(6-2)7-3/h5,8-16,21,25H,1,6-7,17-20H2,2-4H3/t21?,25-/m0/s1. The van der Waals surface area contributed by atoms with Crippen molar-refractivity contribution in [3.05, 3.63) is 72.8 Å². The fraction of sp³-hybridized carbons (Fsp3) is 0.423. The lowest BCUT2D eigenvalue weighted by Crippen LogP contribution is -2.48. The molecule has 0 spiro atoms. The van der Waals surface area contributed by atoms with Crippen LogP contribution < -0.4 is 4.90 Å². The molecule has 0 aromatic heterocycles. The molecule has 0 N–H and O–H groups in total. The summed E-state index contributed by atoms with van der Waals surface area (Å²) in [7, 11) is 0. The van der Waals surface area contributed by atoms with E-state index in [2.05, 4.69) is 65.8 Å². The number of piperidine rings is 1. The maximum Gasteiger partial charge on any atom is 0.253 e. The zero-order chi connectivity index (χ0) is 21.5. The van der Waals surface area contributed by atoms with Crippen molar-refractivity contribution in [2.75, 3.05) is 37.6 Å². The SMILES string of the molecule is C=CCN1CC[C@H](N(c2ccccc2)c2ccc(C(=O)N(CC)CC)cc2)C(C)C1. The topological polar surface area (TPSA) is 26.8 Å². The number of anilines is 2. The number of nitrogens with zero attached hydrogens (tertiary/aromatic N) is 3. The van der Waals surface area contributed by atoms with Gasteiger partial charge in [-0.1, -0.05) is 31.2 Å². The van der Waals surface area contributed by atoms with E-state index < -0.39 is 0 Å². The highest BCUT2D eigenvalue weighted by Crippen LogP contribution is 2.34. The lowest BCUT2D eigenvalue weighted by molar-refractivity contribution is 0.0773. The Morgan fingerprint density at radius 2 is 1.70 bits per heavy atom. The smallest absolute Gasteiger partial charge is 0.253 e. The van der Waals surface area contributed by atoms with Gasteiger partial charge in [-0.25, -0.2) is 0 Å². The fourth-order valence-electron chi connectivity index (χ4n) is 4.53. The van der Waals surface area contributed by atoms with Crippen LogP contribution in [0, 0.1) is 5.92 Å². The molecule has 2 atom stereocenters. The van der Waals surface area contributed by atoms with Gasteiger partial charge in [0, 0.05) is 55.7 Å². The van der Waals surface area contributed by atoms with Crippen LogP contribution >= 0.6 is 0 Å². The summed E-state index contributed by atoms with van der Waals surface area (Å²) in [6.07, 6.45) is 3.09. The second-order valence-corrected chi connectivity index (χ2v) is 8.11. The van der Waals surface area contributed by atoms with Gasteiger partial charge in [0.2, 0.25) is 0 Å². The zero-order valence-corrected chi connectivity index (χ0v) is 18.6. The van der Waals surface area contributed by atoms with Gasteiger partial charge < -0.3 is 9.80 Å². The van der Waals surface area contributed by atoms with Crippen LogP contribution in [0.4, 0.5) is 11.4 Å². The van der Waals surface area contributed by atoms with Crippen molar-refractivity contribution >= 4 is 17.3 Å². The molecular weight excluding hydrogens is 370 g/mol. The molecule has 160 valence electrons. The summed E-state index contributed by atoms with van der Waals surface area (Å²) >= 11 is 0. The minimum absolute atomic E-state index is 0.101. The highest BCUT2D eigenvalue weighted by molar-refractivity contribution is 5.94. The summed E-state index contributed by atoms with van der Waals surface area (Å²) in [5, 5.41) is 0. The van der Waals surface area contributed by atoms with E-state index >= 15 is 0 Å². The summed E-state index contributed by atoms with van der Waals surface area (Å²) in [4.78, 5) is 19.5. The van der Waals surface area contributed by atoms with E-state index in [0.717, 1.165) is 50.4 Å². The Labute approximate surface area is 181 Å². The third-order valence-corrected chi connectivity index (χ3v) is 6.14. The Morgan fingerprint density at radius 3 is 2.27 bits per heavy atom. The molecule has 4 nitrogen and oxygen atoms in total. The molecule has 0 saturated carbocycles. The van der Waals surface area contributed by atoms with Gasteiger partial charge in [-0.05, 0) is 62.6 Å². The molecule has 1 aliphatic rings. The number of amides is 1. The predicted molar refractivity (Wildman–Crippen MR) is 126 cm³/mol. The molecule has 2 aromatic carbocycles. The Kier molecular flexibility index (Phi) is 7.69. The van der Waals surface area contributed by atoms with Crippen LogP contribution in [0.1, 0.15) is 37.6 Å². The monoisotopic (exact) mass is 405 g/mol. The minimum atomic E-state index is 0.101. The van der Waals surface area contributed by atoms with Gasteiger partial charge in [-0.3, -0.25) is 9.69 Å². The summed E-state index contributed by atoms with van der Waals surface area (Å²) in [5.41, 5.74) is 3.10. The van der Waals surface area contributed by atoms with Crippen molar-refractivity contribution in [1.29, 1.82) is 0 Å². The molecule has 1 unspecified atom stereocenters. The van der Waals surface area contributed by atoms with Crippen molar-refractivity contribution in [2.45, 2.75) is 33.2 Å². The number of likely N-dealkylation sites (tertiary alicyclic amines) is 1. The van der Waals surface area contributed by atoms with Crippen molar-refractivity contribution in [3.8, 4) is 0 Å². The number of rotatable bonds is 8. The van der Waals surface area contributed by atoms with Gasteiger partial charge in [0.05, 0.1) is 0 Å². The van der Waals surface area contributed by atoms with E-state index in [9.17, 15) is 4.79 Å². The first kappa shape index (κ1) is 22.1. The minimum Gasteiger partial charge on any atom is -0.339 e. The van der Waals surface area contributed by atoms with Crippen molar-refractivity contribution < 1.29 is 4.79 Å². The number of benzene rings is 2. The maximum atomic E-state index is 12.7. The van der Waals surface area contributed by atoms with Crippen molar-refractivity contribution in [3.63, 3.8) is 0 Å². The molecule has 1 aliphatic heterocycles. The summed E-state index contributed by atoms with van der Waals surface area (Å²) in [6, 6.07) is 19.2. The van der Waals surface area contributed by atoms with Crippen LogP contribution in [0.2, 0.25) is 0 Å². The number of para-hydroxylation sites is 1. The quantitative estimate of drug-likeness (QED) is 0.565. The molecule has 1 amide bonds. The van der Waals surface area contributed by atoms with Crippen LogP contribution in [0.3, 0.4) is 0 Å². The van der Waals surface area contributed by atoms with E-state index in [4.69, 9.17) is 0 Å². The van der Waals surface area contributed by atoms with E-state index in [0.29, 0.717) is 12.0 Å². The third-order valence-electron chi connectivity index (χ3n) is 6.14. The second kappa shape index (κ2) is 10.4. The fourth-order valence-corrected chi connectivity index (χ4v) is 4.53. The molecule has 2 aromatic rings. The molecule has 30 heavy (non-hydrogen) atoms. The highest BCUT2D eigenvalue weighted by atomic mass is 16.2. The predicted octanol–water partition coefficient (Wildman–Crippen LogP) is 5.20. The van der Waals surface area contributed by atoms with Gasteiger partial charge in [-0.15, -0.1) is 6.58 Å². The molecule has 1 saturated heterocycles. The third kappa shape index (κ3) is 4.93. The number of carbonyl (C=O) groups excluding carboxylic acids is 1. The largest absolute Gasteiger partial charge is 0.339 e. The van der Waals surface area contributed by atoms with E-state index in [1.54, 1.807) is 0 Å². The summed E-state index contributed by atoms with van der Waals surface area (Å²) < 4.78 is 0. The number of carbonyl (C=O) groups is 1. The van der Waals surface area contributed by atoms with Crippen LogP contribution in [0.5, 0.6) is 0 Å². The van der Waals surface area contributed by atoms with Crippen LogP contribution in [0.15, 0.2) is 67.3 Å². The molecule has 1 fully saturated rings. The average molecular weight is 406 g/mol. The van der Waals surface area contributed by atoms with Crippen LogP contribution in [-0.4, -0.2) is 54.5 Å². The normalized spacial score (nSPS) is 19.3. The first-order chi connectivity index (χ1) is 14.6. The van der Waals surface area contributed by atoms with Crippen LogP contribution in [-0.2, 0) is 0 Å². The first-order valence-corrected chi connectivity index (χ1v) is 11.2. The van der Waals surface area contributed by atoms with Crippen molar-refractivity contribution in [1.82, 2.24) is 9.80 Å². The van der Waals surface area contributed by atoms with Gasteiger partial charge in [-0.2, -0.15) is 0 Å². The molecule has 0 aliphatic carbocycles. The highest BCUT2D eigenvalue weighted by Gasteiger charge is 2.31. The zero-order valence-electron chi connectivity index (χ0n) is 18.6. The Hall–Kier alpha value is -2.59. The second-order valence-electron chi connectivity index (χ2n) is 8.11. The molecule has 0 radical (unpaired) electrons. The molecule has 4 heteroatoms. The summed E-state index contributed by atoms with van der Waals surface area (Å²) in [5.74, 6) is 0.625. The molecule has 0 bridgehead atoms. The van der Waals surface area contributed by atoms with Gasteiger partial charge in [0.15, 0.2) is 0 Å². The van der Waals surface area contributed by atoms with Gasteiger partial charge >= 0.3 is 0 Å². The van der Waals surface area contributed by atoms with Gasteiger partial charge in [0.1, 0.15) is 0 Å². The molecule has 1 heterocycles. The van der Waals surface area contributed by atoms with Gasteiger partial charge in [0.25, 0.3) is 5.91 Å². The van der Waals surface area contributed by atoms with E-state index in [1.165, 1.54) is 5.69 Å². The van der Waals surface area contributed by atoms with Crippen molar-refractivity contribution in [2.24, 2.45) is 5.92 Å².